The highest BCUT2D eigenvalue weighted by Gasteiger charge is 2.22. The Kier molecular flexibility index (Phi) is 6.28. The first-order valence-corrected chi connectivity index (χ1v) is 7.93. The molecule has 1 atom stereocenters. The molecule has 2 aromatic rings. The molecule has 2 aromatic carbocycles. The van der Waals surface area contributed by atoms with Crippen molar-refractivity contribution in [3.8, 4) is 0 Å². The highest BCUT2D eigenvalue weighted by molar-refractivity contribution is 6.45. The molecule has 0 radical (unpaired) electrons. The van der Waals surface area contributed by atoms with E-state index in [4.69, 9.17) is 34.8 Å². The Balaban J connectivity index is 2.05. The van der Waals surface area contributed by atoms with Gasteiger partial charge in [-0.15, -0.1) is 23.2 Å². The number of hydrogen-bond acceptors (Lipinski definition) is 2. The second-order valence-corrected chi connectivity index (χ2v) is 6.23. The molecule has 0 heterocycles. The van der Waals surface area contributed by atoms with E-state index >= 15 is 0 Å². The molecule has 0 aliphatic rings. The van der Waals surface area contributed by atoms with E-state index in [2.05, 4.69) is 10.6 Å². The van der Waals surface area contributed by atoms with Crippen LogP contribution in [0.2, 0.25) is 5.02 Å². The van der Waals surface area contributed by atoms with Crippen LogP contribution in [0, 0.1) is 0 Å². The van der Waals surface area contributed by atoms with Crippen LogP contribution in [0.1, 0.15) is 20.7 Å². The molecule has 0 aromatic heterocycles. The van der Waals surface area contributed by atoms with Gasteiger partial charge < -0.3 is 10.6 Å². The van der Waals surface area contributed by atoms with Crippen molar-refractivity contribution in [2.75, 3.05) is 0 Å². The van der Waals surface area contributed by atoms with Crippen LogP contribution >= 0.6 is 34.8 Å². The van der Waals surface area contributed by atoms with Gasteiger partial charge in [0.15, 0.2) is 0 Å². The lowest BCUT2D eigenvalue weighted by molar-refractivity contribution is 0.0888. The van der Waals surface area contributed by atoms with Crippen LogP contribution in [-0.4, -0.2) is 22.8 Å². The topological polar surface area (TPSA) is 58.2 Å². The Morgan fingerprint density at radius 1 is 0.783 bits per heavy atom. The minimum atomic E-state index is -1.01. The maximum Gasteiger partial charge on any atom is 0.252 e. The fourth-order valence-corrected chi connectivity index (χ4v) is 2.18. The van der Waals surface area contributed by atoms with Gasteiger partial charge >= 0.3 is 0 Å². The smallest absolute Gasteiger partial charge is 0.252 e. The second-order valence-electron chi connectivity index (χ2n) is 4.63. The number of alkyl halides is 2. The minimum Gasteiger partial charge on any atom is -0.329 e. The Morgan fingerprint density at radius 2 is 1.26 bits per heavy atom. The third-order valence-electron chi connectivity index (χ3n) is 2.97. The van der Waals surface area contributed by atoms with Crippen molar-refractivity contribution in [1.29, 1.82) is 0 Å². The van der Waals surface area contributed by atoms with Gasteiger partial charge in [-0.25, -0.2) is 0 Å². The van der Waals surface area contributed by atoms with Gasteiger partial charge in [-0.05, 0) is 36.4 Å². The molecular formula is C16H13Cl3N2O2. The SMILES string of the molecule is O=C(N[C@H](NC(=O)c1ccc(Cl)cc1)C(Cl)Cl)c1ccccc1. The summed E-state index contributed by atoms with van der Waals surface area (Å²) in [5.41, 5.74) is 0.814. The molecule has 0 saturated carbocycles. The van der Waals surface area contributed by atoms with E-state index in [-0.39, 0.29) is 0 Å². The molecule has 0 aliphatic carbocycles. The number of hydrogen-bond donors (Lipinski definition) is 2. The normalized spacial score (nSPS) is 11.8. The molecule has 4 nitrogen and oxygen atoms in total. The summed E-state index contributed by atoms with van der Waals surface area (Å²) in [5, 5.41) is 5.68. The predicted molar refractivity (Wildman–Crippen MR) is 92.1 cm³/mol. The number of carbonyl (C=O) groups is 2. The Bertz CT molecular complexity index is 675. The minimum absolute atomic E-state index is 0.377. The summed E-state index contributed by atoms with van der Waals surface area (Å²) >= 11 is 17.5. The van der Waals surface area contributed by atoms with Crippen molar-refractivity contribution in [2.45, 2.75) is 11.0 Å². The quantitative estimate of drug-likeness (QED) is 0.623. The third kappa shape index (κ3) is 5.13. The number of carbonyl (C=O) groups excluding carboxylic acids is 2. The molecular weight excluding hydrogens is 359 g/mol. The number of nitrogens with one attached hydrogen (secondary N) is 2. The largest absolute Gasteiger partial charge is 0.329 e. The average molecular weight is 372 g/mol. The number of amides is 2. The van der Waals surface area contributed by atoms with Crippen molar-refractivity contribution in [2.24, 2.45) is 0 Å². The van der Waals surface area contributed by atoms with Crippen LogP contribution in [0.4, 0.5) is 0 Å². The van der Waals surface area contributed by atoms with E-state index in [9.17, 15) is 9.59 Å². The van der Waals surface area contributed by atoms with Crippen LogP contribution in [-0.2, 0) is 0 Å². The molecule has 120 valence electrons. The lowest BCUT2D eigenvalue weighted by atomic mass is 10.2. The van der Waals surface area contributed by atoms with Crippen molar-refractivity contribution in [1.82, 2.24) is 10.6 Å². The summed E-state index contributed by atoms with van der Waals surface area (Å²) in [6, 6.07) is 14.8. The van der Waals surface area contributed by atoms with Gasteiger partial charge in [0, 0.05) is 16.1 Å². The van der Waals surface area contributed by atoms with Crippen LogP contribution in [0.5, 0.6) is 0 Å². The maximum atomic E-state index is 12.2. The van der Waals surface area contributed by atoms with Crippen LogP contribution in [0.3, 0.4) is 0 Å². The Hall–Kier alpha value is -1.75. The molecule has 0 bridgehead atoms. The predicted octanol–water partition coefficient (Wildman–Crippen LogP) is 3.63. The Labute approximate surface area is 148 Å². The number of benzene rings is 2. The summed E-state index contributed by atoms with van der Waals surface area (Å²) in [5.74, 6) is -0.815. The molecule has 7 heteroatoms. The zero-order chi connectivity index (χ0) is 16.8. The fraction of sp³-hybridized carbons (Fsp3) is 0.125. The Morgan fingerprint density at radius 3 is 1.74 bits per heavy atom. The first-order chi connectivity index (χ1) is 11.0. The molecule has 2 amide bonds. The molecule has 0 aliphatic heterocycles. The average Bonchev–Trinajstić information content (AvgIpc) is 2.55. The first kappa shape index (κ1) is 17.6. The molecule has 0 fully saturated rings. The van der Waals surface area contributed by atoms with Gasteiger partial charge in [0.1, 0.15) is 11.0 Å². The highest BCUT2D eigenvalue weighted by Crippen LogP contribution is 2.12. The highest BCUT2D eigenvalue weighted by atomic mass is 35.5. The van der Waals surface area contributed by atoms with Crippen molar-refractivity contribution in [3.05, 3.63) is 70.7 Å². The molecule has 2 rings (SSSR count). The van der Waals surface area contributed by atoms with Gasteiger partial charge in [0.05, 0.1) is 0 Å². The summed E-state index contributed by atoms with van der Waals surface area (Å²) in [6.07, 6.45) is -0.936. The molecule has 2 N–H and O–H groups in total. The lowest BCUT2D eigenvalue weighted by Gasteiger charge is -2.21. The van der Waals surface area contributed by atoms with Crippen LogP contribution in [0.15, 0.2) is 54.6 Å². The van der Waals surface area contributed by atoms with E-state index < -0.39 is 22.8 Å². The molecule has 23 heavy (non-hydrogen) atoms. The fourth-order valence-electron chi connectivity index (χ4n) is 1.80. The number of rotatable bonds is 5. The zero-order valence-corrected chi connectivity index (χ0v) is 14.1. The van der Waals surface area contributed by atoms with E-state index in [1.165, 1.54) is 0 Å². The standard InChI is InChI=1S/C16H13Cl3N2O2/c17-12-8-6-11(7-9-12)16(23)21-14(13(18)19)20-15(22)10-4-2-1-3-5-10/h1-9,13-14H,(H,20,22)(H,21,23)/t14-/m1/s1. The van der Waals surface area contributed by atoms with Gasteiger partial charge in [-0.3, -0.25) is 9.59 Å². The van der Waals surface area contributed by atoms with Gasteiger partial charge in [-0.2, -0.15) is 0 Å². The van der Waals surface area contributed by atoms with Gasteiger partial charge in [-0.1, -0.05) is 29.8 Å². The van der Waals surface area contributed by atoms with E-state index in [0.717, 1.165) is 0 Å². The molecule has 0 unspecified atom stereocenters. The van der Waals surface area contributed by atoms with E-state index in [1.807, 2.05) is 0 Å². The van der Waals surface area contributed by atoms with Crippen molar-refractivity contribution in [3.63, 3.8) is 0 Å². The lowest BCUT2D eigenvalue weighted by Crippen LogP contribution is -2.51. The monoisotopic (exact) mass is 370 g/mol. The number of halogens is 3. The summed E-state index contributed by atoms with van der Waals surface area (Å²) < 4.78 is 0. The summed E-state index contributed by atoms with van der Waals surface area (Å²) in [7, 11) is 0. The molecule has 0 saturated heterocycles. The maximum absolute atomic E-state index is 12.2. The third-order valence-corrected chi connectivity index (χ3v) is 3.72. The van der Waals surface area contributed by atoms with Crippen LogP contribution in [0.25, 0.3) is 0 Å². The zero-order valence-electron chi connectivity index (χ0n) is 11.8. The van der Waals surface area contributed by atoms with Crippen molar-refractivity contribution >= 4 is 46.6 Å². The first-order valence-electron chi connectivity index (χ1n) is 6.68. The van der Waals surface area contributed by atoms with Crippen molar-refractivity contribution < 1.29 is 9.59 Å². The van der Waals surface area contributed by atoms with E-state index in [1.54, 1.807) is 54.6 Å². The molecule has 0 spiro atoms. The van der Waals surface area contributed by atoms with E-state index in [0.29, 0.717) is 16.1 Å². The second kappa shape index (κ2) is 8.20. The van der Waals surface area contributed by atoms with Gasteiger partial charge in [0.25, 0.3) is 11.8 Å². The summed E-state index contributed by atoms with van der Waals surface area (Å²) in [4.78, 5) is 23.3. The van der Waals surface area contributed by atoms with Crippen LogP contribution < -0.4 is 10.6 Å². The van der Waals surface area contributed by atoms with Gasteiger partial charge in [0.2, 0.25) is 0 Å². The summed E-state index contributed by atoms with van der Waals surface area (Å²) in [6.45, 7) is 0.